The van der Waals surface area contributed by atoms with Gasteiger partial charge in [-0.25, -0.2) is 9.97 Å². The molecule has 0 fully saturated rings. The van der Waals surface area contributed by atoms with Gasteiger partial charge in [0.2, 0.25) is 5.88 Å². The second-order valence-corrected chi connectivity index (χ2v) is 6.97. The van der Waals surface area contributed by atoms with Crippen LogP contribution in [0.3, 0.4) is 0 Å². The highest BCUT2D eigenvalue weighted by atomic mass is 31.0. The Kier molecular flexibility index (Phi) is 8.55. The minimum Gasteiger partial charge on any atom is -0.464 e. The Balaban J connectivity index is 0.000000705. The highest BCUT2D eigenvalue weighted by Gasteiger charge is 2.29. The van der Waals surface area contributed by atoms with Gasteiger partial charge in [-0.3, -0.25) is 0 Å². The van der Waals surface area contributed by atoms with E-state index in [1.807, 2.05) is 24.3 Å². The van der Waals surface area contributed by atoms with Crippen LogP contribution >= 0.6 is 9.24 Å². The van der Waals surface area contributed by atoms with Gasteiger partial charge < -0.3 is 9.84 Å². The molecule has 1 aromatic carbocycles. The van der Waals surface area contributed by atoms with Crippen molar-refractivity contribution in [3.63, 3.8) is 0 Å². The van der Waals surface area contributed by atoms with E-state index in [0.717, 1.165) is 16.8 Å². The lowest BCUT2D eigenvalue weighted by Crippen LogP contribution is -2.28. The third-order valence-corrected chi connectivity index (χ3v) is 3.60. The number of hydrogen-bond donors (Lipinski definition) is 1. The van der Waals surface area contributed by atoms with E-state index in [2.05, 4.69) is 51.8 Å². The van der Waals surface area contributed by atoms with E-state index < -0.39 is 5.60 Å². The van der Waals surface area contributed by atoms with E-state index in [4.69, 9.17) is 4.74 Å². The summed E-state index contributed by atoms with van der Waals surface area (Å²) in [7, 11) is 2.62. The largest absolute Gasteiger partial charge is 0.464 e. The average molecular weight is 358 g/mol. The van der Waals surface area contributed by atoms with Gasteiger partial charge in [0.1, 0.15) is 11.9 Å². The molecular formula is C20H27N2O2P. The summed E-state index contributed by atoms with van der Waals surface area (Å²) in [4.78, 5) is 8.19. The Bertz CT molecular complexity index is 731. The van der Waals surface area contributed by atoms with Crippen LogP contribution < -0.4 is 10.0 Å². The SMILES string of the molecule is CC#CCOc1cc(C(C)(O)c2ccccc2P)ncn1.CC(C)C. The first kappa shape index (κ1) is 21.1. The van der Waals surface area contributed by atoms with Crippen molar-refractivity contribution in [1.82, 2.24) is 9.97 Å². The summed E-state index contributed by atoms with van der Waals surface area (Å²) in [5.74, 6) is 6.77. The molecule has 0 aliphatic carbocycles. The lowest BCUT2D eigenvalue weighted by atomic mass is 9.92. The monoisotopic (exact) mass is 358 g/mol. The predicted octanol–water partition coefficient (Wildman–Crippen LogP) is 3.30. The quantitative estimate of drug-likeness (QED) is 0.673. The van der Waals surface area contributed by atoms with Gasteiger partial charge in [-0.2, -0.15) is 0 Å². The van der Waals surface area contributed by atoms with Crippen molar-refractivity contribution in [2.45, 2.75) is 40.2 Å². The van der Waals surface area contributed by atoms with Crippen LogP contribution in [-0.2, 0) is 5.60 Å². The molecule has 5 heteroatoms. The molecular weight excluding hydrogens is 331 g/mol. The molecule has 0 aliphatic heterocycles. The number of benzene rings is 1. The Morgan fingerprint density at radius 1 is 1.24 bits per heavy atom. The van der Waals surface area contributed by atoms with Gasteiger partial charge in [0.15, 0.2) is 6.61 Å². The first-order valence-corrected chi connectivity index (χ1v) is 8.79. The molecule has 4 nitrogen and oxygen atoms in total. The summed E-state index contributed by atoms with van der Waals surface area (Å²) in [6.45, 7) is 10.2. The smallest absolute Gasteiger partial charge is 0.217 e. The zero-order valence-corrected chi connectivity index (χ0v) is 16.7. The fraction of sp³-hybridized carbons (Fsp3) is 0.400. The summed E-state index contributed by atoms with van der Waals surface area (Å²) in [6.07, 6.45) is 1.38. The van der Waals surface area contributed by atoms with E-state index in [-0.39, 0.29) is 6.61 Å². The molecule has 0 saturated heterocycles. The van der Waals surface area contributed by atoms with Gasteiger partial charge in [-0.05, 0) is 30.6 Å². The van der Waals surface area contributed by atoms with Crippen molar-refractivity contribution in [3.8, 4) is 17.7 Å². The third kappa shape index (κ3) is 6.82. The average Bonchev–Trinajstić information content (AvgIpc) is 2.55. The lowest BCUT2D eigenvalue weighted by molar-refractivity contribution is 0.0978. The highest BCUT2D eigenvalue weighted by Crippen LogP contribution is 2.28. The molecule has 0 spiro atoms. The van der Waals surface area contributed by atoms with Crippen LogP contribution in [0.5, 0.6) is 5.88 Å². The summed E-state index contributed by atoms with van der Waals surface area (Å²) in [5.41, 5.74) is 0.0235. The normalized spacial score (nSPS) is 12.3. The molecule has 0 bridgehead atoms. The Hall–Kier alpha value is -1.95. The predicted molar refractivity (Wildman–Crippen MR) is 106 cm³/mol. The van der Waals surface area contributed by atoms with Crippen LogP contribution in [0.15, 0.2) is 36.7 Å². The molecule has 0 aliphatic rings. The zero-order chi connectivity index (χ0) is 18.9. The molecule has 0 amide bonds. The Labute approximate surface area is 153 Å². The molecule has 2 atom stereocenters. The Morgan fingerprint density at radius 3 is 2.48 bits per heavy atom. The number of hydrogen-bond acceptors (Lipinski definition) is 4. The summed E-state index contributed by atoms with van der Waals surface area (Å²) < 4.78 is 5.41. The summed E-state index contributed by atoms with van der Waals surface area (Å²) >= 11 is 0. The number of rotatable bonds is 4. The molecule has 1 heterocycles. The van der Waals surface area contributed by atoms with Crippen LogP contribution in [0, 0.1) is 17.8 Å². The van der Waals surface area contributed by atoms with E-state index in [9.17, 15) is 5.11 Å². The molecule has 1 aromatic heterocycles. The molecule has 2 rings (SSSR count). The van der Waals surface area contributed by atoms with E-state index in [0.29, 0.717) is 11.6 Å². The van der Waals surface area contributed by atoms with Crippen molar-refractivity contribution < 1.29 is 9.84 Å². The number of aromatic nitrogens is 2. The highest BCUT2D eigenvalue weighted by molar-refractivity contribution is 7.27. The van der Waals surface area contributed by atoms with Gasteiger partial charge >= 0.3 is 0 Å². The fourth-order valence-electron chi connectivity index (χ4n) is 1.95. The maximum Gasteiger partial charge on any atom is 0.217 e. The van der Waals surface area contributed by atoms with E-state index in [1.54, 1.807) is 19.9 Å². The zero-order valence-electron chi connectivity index (χ0n) is 15.6. The van der Waals surface area contributed by atoms with Gasteiger partial charge in [0.25, 0.3) is 0 Å². The second kappa shape index (κ2) is 10.1. The minimum absolute atomic E-state index is 0.259. The first-order valence-electron chi connectivity index (χ1n) is 8.21. The van der Waals surface area contributed by atoms with E-state index >= 15 is 0 Å². The topological polar surface area (TPSA) is 55.2 Å². The van der Waals surface area contributed by atoms with Crippen LogP contribution in [0.1, 0.15) is 45.9 Å². The summed E-state index contributed by atoms with van der Waals surface area (Å²) in [6, 6.07) is 9.22. The molecule has 2 unspecified atom stereocenters. The molecule has 134 valence electrons. The van der Waals surface area contributed by atoms with Crippen LogP contribution in [0.25, 0.3) is 0 Å². The Morgan fingerprint density at radius 2 is 1.88 bits per heavy atom. The molecule has 0 radical (unpaired) electrons. The summed E-state index contributed by atoms with van der Waals surface area (Å²) in [5, 5.41) is 11.8. The van der Waals surface area contributed by atoms with Gasteiger partial charge in [-0.1, -0.05) is 51.0 Å². The molecule has 0 saturated carbocycles. The number of ether oxygens (including phenoxy) is 1. The van der Waals surface area contributed by atoms with Crippen molar-refractivity contribution in [3.05, 3.63) is 47.9 Å². The van der Waals surface area contributed by atoms with E-state index in [1.165, 1.54) is 6.33 Å². The van der Waals surface area contributed by atoms with Gasteiger partial charge in [0, 0.05) is 6.07 Å². The maximum atomic E-state index is 10.8. The third-order valence-electron chi connectivity index (χ3n) is 3.09. The minimum atomic E-state index is -1.23. The van der Waals surface area contributed by atoms with Crippen LogP contribution in [-0.4, -0.2) is 21.7 Å². The molecule has 25 heavy (non-hydrogen) atoms. The standard InChI is InChI=1S/C16H17N2O2P.C4H10/c1-3-4-9-20-15-10-14(17-11-18-15)16(2,19)12-7-5-6-8-13(12)21;1-4(2)3/h5-8,10-11,19H,9,21H2,1-2H3;4H,1-3H3. The second-order valence-electron chi connectivity index (χ2n) is 6.35. The fourth-order valence-corrected chi connectivity index (χ4v) is 2.43. The first-order chi connectivity index (χ1) is 11.8. The number of aliphatic hydroxyl groups is 1. The van der Waals surface area contributed by atoms with Crippen molar-refractivity contribution >= 4 is 14.5 Å². The van der Waals surface area contributed by atoms with Crippen molar-refractivity contribution in [2.75, 3.05) is 6.61 Å². The number of nitrogens with zero attached hydrogens (tertiary/aromatic N) is 2. The van der Waals surface area contributed by atoms with Gasteiger partial charge in [-0.15, -0.1) is 15.2 Å². The molecule has 2 aromatic rings. The van der Waals surface area contributed by atoms with Gasteiger partial charge in [0.05, 0.1) is 5.69 Å². The van der Waals surface area contributed by atoms with Crippen molar-refractivity contribution in [1.29, 1.82) is 0 Å². The molecule has 1 N–H and O–H groups in total. The van der Waals surface area contributed by atoms with Crippen LogP contribution in [0.2, 0.25) is 0 Å². The van der Waals surface area contributed by atoms with Crippen molar-refractivity contribution in [2.24, 2.45) is 5.92 Å². The lowest BCUT2D eigenvalue weighted by Gasteiger charge is -2.25. The van der Waals surface area contributed by atoms with Crippen LogP contribution in [0.4, 0.5) is 0 Å². The maximum absolute atomic E-state index is 10.8.